The minimum absolute atomic E-state index is 0.189. The number of H-pyrrole nitrogens is 1. The third kappa shape index (κ3) is 1.26. The highest BCUT2D eigenvalue weighted by molar-refractivity contribution is 9.10. The Bertz CT molecular complexity index is 525. The molecular formula is C10H7BrN2O. The highest BCUT2D eigenvalue weighted by Crippen LogP contribution is 2.34. The van der Waals surface area contributed by atoms with Gasteiger partial charge in [-0.25, -0.2) is 0 Å². The van der Waals surface area contributed by atoms with E-state index in [2.05, 4.69) is 27.0 Å². The van der Waals surface area contributed by atoms with Crippen LogP contribution in [-0.2, 0) is 6.42 Å². The second-order valence-electron chi connectivity index (χ2n) is 2.97. The Morgan fingerprint density at radius 3 is 3.00 bits per heavy atom. The van der Waals surface area contributed by atoms with Crippen molar-refractivity contribution in [2.45, 2.75) is 6.42 Å². The second kappa shape index (κ2) is 3.35. The van der Waals surface area contributed by atoms with Crippen molar-refractivity contribution in [3.63, 3.8) is 0 Å². The van der Waals surface area contributed by atoms with Crippen LogP contribution in [0.15, 0.2) is 22.8 Å². The van der Waals surface area contributed by atoms with Crippen LogP contribution >= 0.6 is 15.9 Å². The highest BCUT2D eigenvalue weighted by atomic mass is 79.9. The fourth-order valence-electron chi connectivity index (χ4n) is 1.47. The molecule has 3 nitrogen and oxygen atoms in total. The largest absolute Gasteiger partial charge is 0.506 e. The number of nitrogens with zero attached hydrogens (tertiary/aromatic N) is 1. The van der Waals surface area contributed by atoms with Gasteiger partial charge in [0.15, 0.2) is 0 Å². The van der Waals surface area contributed by atoms with Crippen LogP contribution < -0.4 is 0 Å². The lowest BCUT2D eigenvalue weighted by molar-refractivity contribution is 0.478. The topological polar surface area (TPSA) is 59.8 Å². The molecule has 0 spiro atoms. The molecule has 0 unspecified atom stereocenters. The first-order chi connectivity index (χ1) is 6.74. The van der Waals surface area contributed by atoms with Gasteiger partial charge in [-0.2, -0.15) is 5.26 Å². The number of benzene rings is 1. The molecule has 0 bridgehead atoms. The van der Waals surface area contributed by atoms with Gasteiger partial charge in [0.2, 0.25) is 0 Å². The lowest BCUT2D eigenvalue weighted by Crippen LogP contribution is -1.79. The second-order valence-corrected chi connectivity index (χ2v) is 3.82. The van der Waals surface area contributed by atoms with Crippen LogP contribution in [0, 0.1) is 11.3 Å². The number of phenolic OH excluding ortho intramolecular Hbond substituents is 1. The quantitative estimate of drug-likeness (QED) is 0.818. The van der Waals surface area contributed by atoms with E-state index in [9.17, 15) is 5.11 Å². The van der Waals surface area contributed by atoms with Gasteiger partial charge in [0.1, 0.15) is 5.75 Å². The number of halogens is 1. The van der Waals surface area contributed by atoms with E-state index in [0.29, 0.717) is 10.9 Å². The molecule has 0 saturated heterocycles. The average molecular weight is 251 g/mol. The number of aromatic nitrogens is 1. The van der Waals surface area contributed by atoms with E-state index in [1.165, 1.54) is 0 Å². The molecule has 0 fully saturated rings. The summed E-state index contributed by atoms with van der Waals surface area (Å²) in [6, 6.07) is 5.69. The number of aromatic hydroxyl groups is 1. The number of nitrogens with one attached hydrogen (secondary N) is 1. The monoisotopic (exact) mass is 250 g/mol. The number of phenols is 1. The molecular weight excluding hydrogens is 244 g/mol. The van der Waals surface area contributed by atoms with Crippen molar-refractivity contribution in [3.8, 4) is 11.8 Å². The third-order valence-corrected chi connectivity index (χ3v) is 2.76. The number of rotatable bonds is 1. The lowest BCUT2D eigenvalue weighted by Gasteiger charge is -1.99. The molecule has 0 saturated carbocycles. The molecule has 2 rings (SSSR count). The zero-order chi connectivity index (χ0) is 10.1. The minimum Gasteiger partial charge on any atom is -0.506 e. The summed E-state index contributed by atoms with van der Waals surface area (Å²) < 4.78 is 0.642. The summed E-state index contributed by atoms with van der Waals surface area (Å²) in [6.07, 6.45) is 2.05. The molecule has 1 aromatic heterocycles. The van der Waals surface area contributed by atoms with Gasteiger partial charge in [0.05, 0.1) is 17.0 Å². The molecule has 2 aromatic rings. The fourth-order valence-corrected chi connectivity index (χ4v) is 1.80. The maximum Gasteiger partial charge on any atom is 0.139 e. The van der Waals surface area contributed by atoms with Gasteiger partial charge in [0.25, 0.3) is 0 Å². The van der Waals surface area contributed by atoms with Gasteiger partial charge in [0, 0.05) is 17.1 Å². The van der Waals surface area contributed by atoms with Crippen LogP contribution in [0.5, 0.6) is 5.75 Å². The zero-order valence-corrected chi connectivity index (χ0v) is 8.80. The predicted octanol–water partition coefficient (Wildman–Crippen LogP) is 2.70. The van der Waals surface area contributed by atoms with Gasteiger partial charge in [-0.3, -0.25) is 0 Å². The summed E-state index contributed by atoms with van der Waals surface area (Å²) in [6.45, 7) is 0. The Morgan fingerprint density at radius 2 is 2.29 bits per heavy atom. The highest BCUT2D eigenvalue weighted by Gasteiger charge is 2.10. The van der Waals surface area contributed by atoms with Crippen molar-refractivity contribution in [2.75, 3.05) is 0 Å². The maximum absolute atomic E-state index is 9.78. The average Bonchev–Trinajstić information content (AvgIpc) is 2.57. The lowest BCUT2D eigenvalue weighted by atomic mass is 10.1. The number of hydrogen-bond acceptors (Lipinski definition) is 2. The molecule has 0 amide bonds. The van der Waals surface area contributed by atoms with Crippen LogP contribution in [0.2, 0.25) is 0 Å². The van der Waals surface area contributed by atoms with E-state index < -0.39 is 0 Å². The summed E-state index contributed by atoms with van der Waals surface area (Å²) in [5.74, 6) is 0.189. The standard InChI is InChI=1S/C10H7BrN2O/c11-7-1-2-8-9(10(7)14)6(3-4-12)5-13-8/h1-2,5,13-14H,3H2. The van der Waals surface area contributed by atoms with Crippen LogP contribution in [-0.4, -0.2) is 10.1 Å². The first-order valence-electron chi connectivity index (χ1n) is 4.08. The van der Waals surface area contributed by atoms with E-state index in [4.69, 9.17) is 5.26 Å². The molecule has 0 radical (unpaired) electrons. The van der Waals surface area contributed by atoms with Gasteiger partial charge in [-0.15, -0.1) is 0 Å². The molecule has 1 heterocycles. The Kier molecular flexibility index (Phi) is 2.18. The molecule has 1 aromatic carbocycles. The van der Waals surface area contributed by atoms with Crippen LogP contribution in [0.25, 0.3) is 10.9 Å². The van der Waals surface area contributed by atoms with Crippen molar-refractivity contribution in [2.24, 2.45) is 0 Å². The summed E-state index contributed by atoms with van der Waals surface area (Å²) in [7, 11) is 0. The van der Waals surface area contributed by atoms with Crippen molar-refractivity contribution in [1.29, 1.82) is 5.26 Å². The van der Waals surface area contributed by atoms with Gasteiger partial charge in [-0.1, -0.05) is 0 Å². The van der Waals surface area contributed by atoms with Crippen molar-refractivity contribution >= 4 is 26.8 Å². The molecule has 2 N–H and O–H groups in total. The summed E-state index contributed by atoms with van der Waals surface area (Å²) >= 11 is 3.24. The number of aromatic amines is 1. The first kappa shape index (κ1) is 9.10. The summed E-state index contributed by atoms with van der Waals surface area (Å²) in [4.78, 5) is 3.01. The smallest absolute Gasteiger partial charge is 0.139 e. The molecule has 0 atom stereocenters. The molecule has 0 aliphatic rings. The van der Waals surface area contributed by atoms with Crippen LogP contribution in [0.3, 0.4) is 0 Å². The van der Waals surface area contributed by atoms with Gasteiger partial charge >= 0.3 is 0 Å². The fraction of sp³-hybridized carbons (Fsp3) is 0.100. The van der Waals surface area contributed by atoms with Crippen molar-refractivity contribution in [3.05, 3.63) is 28.4 Å². The Hall–Kier alpha value is -1.47. The van der Waals surface area contributed by atoms with Crippen LogP contribution in [0.4, 0.5) is 0 Å². The first-order valence-corrected chi connectivity index (χ1v) is 4.87. The van der Waals surface area contributed by atoms with E-state index >= 15 is 0 Å². The van der Waals surface area contributed by atoms with Crippen molar-refractivity contribution in [1.82, 2.24) is 4.98 Å². The molecule has 70 valence electrons. The maximum atomic E-state index is 9.78. The number of hydrogen-bond donors (Lipinski definition) is 2. The van der Waals surface area contributed by atoms with E-state index in [1.54, 1.807) is 12.3 Å². The predicted molar refractivity (Wildman–Crippen MR) is 57.0 cm³/mol. The van der Waals surface area contributed by atoms with Crippen LogP contribution in [0.1, 0.15) is 5.56 Å². The van der Waals surface area contributed by atoms with E-state index in [-0.39, 0.29) is 5.75 Å². The summed E-state index contributed by atoms with van der Waals surface area (Å²) in [5, 5.41) is 19.1. The van der Waals surface area contributed by atoms with E-state index in [1.807, 2.05) is 6.07 Å². The molecule has 4 heteroatoms. The van der Waals surface area contributed by atoms with Gasteiger partial charge < -0.3 is 10.1 Å². The Morgan fingerprint density at radius 1 is 1.50 bits per heavy atom. The molecule has 0 aliphatic carbocycles. The number of nitriles is 1. The zero-order valence-electron chi connectivity index (χ0n) is 7.21. The minimum atomic E-state index is 0.189. The van der Waals surface area contributed by atoms with Gasteiger partial charge in [-0.05, 0) is 33.6 Å². The normalized spacial score (nSPS) is 10.3. The SMILES string of the molecule is N#CCc1c[nH]c2ccc(Br)c(O)c12. The molecule has 14 heavy (non-hydrogen) atoms. The number of fused-ring (bicyclic) bond motifs is 1. The summed E-state index contributed by atoms with van der Waals surface area (Å²) in [5.41, 5.74) is 1.66. The third-order valence-electron chi connectivity index (χ3n) is 2.12. The Balaban J connectivity index is 2.77. The van der Waals surface area contributed by atoms with E-state index in [0.717, 1.165) is 16.5 Å². The molecule has 0 aliphatic heterocycles. The van der Waals surface area contributed by atoms with Crippen molar-refractivity contribution < 1.29 is 5.11 Å². The Labute approximate surface area is 89.1 Å².